The van der Waals surface area contributed by atoms with E-state index in [1.807, 2.05) is 20.8 Å². The first-order valence-corrected chi connectivity index (χ1v) is 6.15. The monoisotopic (exact) mass is 249 g/mol. The summed E-state index contributed by atoms with van der Waals surface area (Å²) in [6.45, 7) is 6.27. The van der Waals surface area contributed by atoms with Crippen molar-refractivity contribution in [1.29, 1.82) is 0 Å². The van der Waals surface area contributed by atoms with E-state index in [9.17, 15) is 9.90 Å². The molecule has 2 N–H and O–H groups in total. The van der Waals surface area contributed by atoms with Gasteiger partial charge in [-0.25, -0.2) is 4.79 Å². The fourth-order valence-electron chi connectivity index (χ4n) is 2.12. The van der Waals surface area contributed by atoms with Gasteiger partial charge in [0.1, 0.15) is 17.4 Å². The summed E-state index contributed by atoms with van der Waals surface area (Å²) >= 11 is 0. The largest absolute Gasteiger partial charge is 0.508 e. The van der Waals surface area contributed by atoms with Crippen molar-refractivity contribution in [3.8, 4) is 5.75 Å². The molecule has 0 aromatic heterocycles. The molecule has 0 bridgehead atoms. The number of carbonyl (C=O) groups is 1. The SMILES string of the molecule is CC(C)(C)OC(=O)C1NCCc2cc(O)ccc21. The number of benzene rings is 1. The summed E-state index contributed by atoms with van der Waals surface area (Å²) in [7, 11) is 0. The van der Waals surface area contributed by atoms with Crippen LogP contribution in [0.5, 0.6) is 5.75 Å². The maximum atomic E-state index is 12.1. The number of nitrogens with one attached hydrogen (secondary N) is 1. The minimum absolute atomic E-state index is 0.235. The van der Waals surface area contributed by atoms with Crippen molar-refractivity contribution in [2.24, 2.45) is 0 Å². The number of phenolic OH excluding ortho intramolecular Hbond substituents is 1. The third kappa shape index (κ3) is 2.82. The summed E-state index contributed by atoms with van der Waals surface area (Å²) < 4.78 is 5.40. The second kappa shape index (κ2) is 4.61. The Hall–Kier alpha value is -1.55. The average molecular weight is 249 g/mol. The van der Waals surface area contributed by atoms with Crippen LogP contribution in [0.2, 0.25) is 0 Å². The number of hydrogen-bond donors (Lipinski definition) is 2. The second-order valence-electron chi connectivity index (χ2n) is 5.55. The summed E-state index contributed by atoms with van der Waals surface area (Å²) in [6.07, 6.45) is 0.809. The Balaban J connectivity index is 2.25. The number of ether oxygens (including phenoxy) is 1. The standard InChI is InChI=1S/C14H19NO3/c1-14(2,3)18-13(17)12-11-5-4-10(16)8-9(11)6-7-15-12/h4-5,8,12,15-16H,6-7H2,1-3H3. The van der Waals surface area contributed by atoms with Crippen LogP contribution in [0.4, 0.5) is 0 Å². The molecule has 0 amide bonds. The highest BCUT2D eigenvalue weighted by Crippen LogP contribution is 2.28. The molecule has 0 saturated carbocycles. The molecule has 0 radical (unpaired) electrons. The van der Waals surface area contributed by atoms with E-state index < -0.39 is 11.6 Å². The number of carbonyl (C=O) groups excluding carboxylic acids is 1. The molecule has 0 spiro atoms. The zero-order chi connectivity index (χ0) is 13.3. The van der Waals surface area contributed by atoms with Crippen LogP contribution >= 0.6 is 0 Å². The van der Waals surface area contributed by atoms with Crippen molar-refractivity contribution < 1.29 is 14.6 Å². The predicted octanol–water partition coefficient (Wildman–Crippen LogP) is 1.92. The van der Waals surface area contributed by atoms with E-state index in [0.717, 1.165) is 17.5 Å². The van der Waals surface area contributed by atoms with Crippen LogP contribution in [0.15, 0.2) is 18.2 Å². The van der Waals surface area contributed by atoms with Crippen molar-refractivity contribution in [1.82, 2.24) is 5.32 Å². The van der Waals surface area contributed by atoms with E-state index in [1.165, 1.54) is 0 Å². The Morgan fingerprint density at radius 3 is 2.83 bits per heavy atom. The summed E-state index contributed by atoms with van der Waals surface area (Å²) in [6, 6.07) is 4.66. The van der Waals surface area contributed by atoms with E-state index in [-0.39, 0.29) is 11.7 Å². The normalized spacial score (nSPS) is 19.2. The first-order valence-electron chi connectivity index (χ1n) is 6.15. The zero-order valence-electron chi connectivity index (χ0n) is 11.0. The van der Waals surface area contributed by atoms with Crippen molar-refractivity contribution in [3.05, 3.63) is 29.3 Å². The number of phenols is 1. The maximum absolute atomic E-state index is 12.1. The zero-order valence-corrected chi connectivity index (χ0v) is 11.0. The number of hydrogen-bond acceptors (Lipinski definition) is 4. The van der Waals surface area contributed by atoms with Gasteiger partial charge in [-0.05, 0) is 50.5 Å². The van der Waals surface area contributed by atoms with Gasteiger partial charge in [0.05, 0.1) is 0 Å². The van der Waals surface area contributed by atoms with Crippen LogP contribution in [-0.2, 0) is 16.0 Å². The van der Waals surface area contributed by atoms with Gasteiger partial charge in [-0.1, -0.05) is 6.07 Å². The predicted molar refractivity (Wildman–Crippen MR) is 68.4 cm³/mol. The van der Waals surface area contributed by atoms with Gasteiger partial charge in [-0.3, -0.25) is 0 Å². The Labute approximate surface area is 107 Å². The average Bonchev–Trinajstić information content (AvgIpc) is 2.25. The van der Waals surface area contributed by atoms with Gasteiger partial charge in [-0.2, -0.15) is 0 Å². The van der Waals surface area contributed by atoms with Crippen LogP contribution in [0, 0.1) is 0 Å². The lowest BCUT2D eigenvalue weighted by Crippen LogP contribution is -2.39. The van der Waals surface area contributed by atoms with Crippen LogP contribution < -0.4 is 5.32 Å². The number of fused-ring (bicyclic) bond motifs is 1. The summed E-state index contributed by atoms with van der Waals surface area (Å²) in [4.78, 5) is 12.1. The van der Waals surface area contributed by atoms with E-state index in [2.05, 4.69) is 5.32 Å². The molecule has 98 valence electrons. The first kappa shape index (κ1) is 12.9. The molecule has 1 aromatic carbocycles. The fraction of sp³-hybridized carbons (Fsp3) is 0.500. The molecule has 2 rings (SSSR count). The second-order valence-corrected chi connectivity index (χ2v) is 5.55. The summed E-state index contributed by atoms with van der Waals surface area (Å²) in [5, 5.41) is 12.6. The number of esters is 1. The molecule has 18 heavy (non-hydrogen) atoms. The van der Waals surface area contributed by atoms with Gasteiger partial charge in [-0.15, -0.1) is 0 Å². The molecule has 1 aliphatic heterocycles. The molecule has 0 fully saturated rings. The Bertz CT molecular complexity index is 463. The van der Waals surface area contributed by atoms with Crippen LogP contribution in [0.3, 0.4) is 0 Å². The lowest BCUT2D eigenvalue weighted by Gasteiger charge is -2.29. The van der Waals surface area contributed by atoms with Gasteiger partial charge in [0, 0.05) is 6.54 Å². The molecule has 4 heteroatoms. The minimum atomic E-state index is -0.493. The highest BCUT2D eigenvalue weighted by atomic mass is 16.6. The number of aromatic hydroxyl groups is 1. The Morgan fingerprint density at radius 1 is 1.44 bits per heavy atom. The van der Waals surface area contributed by atoms with Gasteiger partial charge in [0.2, 0.25) is 0 Å². The highest BCUT2D eigenvalue weighted by molar-refractivity contribution is 5.79. The topological polar surface area (TPSA) is 58.6 Å². The van der Waals surface area contributed by atoms with Gasteiger partial charge >= 0.3 is 5.97 Å². The van der Waals surface area contributed by atoms with Crippen LogP contribution in [-0.4, -0.2) is 23.2 Å². The Morgan fingerprint density at radius 2 is 2.17 bits per heavy atom. The fourth-order valence-corrected chi connectivity index (χ4v) is 2.12. The molecule has 0 saturated heterocycles. The quantitative estimate of drug-likeness (QED) is 0.747. The third-order valence-corrected chi connectivity index (χ3v) is 2.82. The molecule has 1 unspecified atom stereocenters. The molecule has 1 heterocycles. The highest BCUT2D eigenvalue weighted by Gasteiger charge is 2.30. The molecule has 1 atom stereocenters. The maximum Gasteiger partial charge on any atom is 0.328 e. The lowest BCUT2D eigenvalue weighted by atomic mass is 9.94. The van der Waals surface area contributed by atoms with Gasteiger partial charge in [0.25, 0.3) is 0 Å². The molecule has 1 aliphatic rings. The van der Waals surface area contributed by atoms with E-state index in [0.29, 0.717) is 6.54 Å². The van der Waals surface area contributed by atoms with Crippen LogP contribution in [0.1, 0.15) is 37.9 Å². The summed E-state index contributed by atoms with van der Waals surface area (Å²) in [5.41, 5.74) is 1.41. The molecule has 1 aromatic rings. The van der Waals surface area contributed by atoms with Gasteiger partial charge < -0.3 is 15.2 Å². The molecular weight excluding hydrogens is 230 g/mol. The van der Waals surface area contributed by atoms with E-state index in [4.69, 9.17) is 4.74 Å². The van der Waals surface area contributed by atoms with E-state index >= 15 is 0 Å². The first-order chi connectivity index (χ1) is 8.37. The minimum Gasteiger partial charge on any atom is -0.508 e. The number of rotatable bonds is 1. The van der Waals surface area contributed by atoms with Crippen LogP contribution in [0.25, 0.3) is 0 Å². The molecule has 0 aliphatic carbocycles. The molecule has 4 nitrogen and oxygen atoms in total. The van der Waals surface area contributed by atoms with Gasteiger partial charge in [0.15, 0.2) is 0 Å². The van der Waals surface area contributed by atoms with Crippen molar-refractivity contribution in [3.63, 3.8) is 0 Å². The van der Waals surface area contributed by atoms with Crippen molar-refractivity contribution >= 4 is 5.97 Å². The van der Waals surface area contributed by atoms with E-state index in [1.54, 1.807) is 18.2 Å². The summed E-state index contributed by atoms with van der Waals surface area (Å²) in [5.74, 6) is -0.0345. The smallest absolute Gasteiger partial charge is 0.328 e. The third-order valence-electron chi connectivity index (χ3n) is 2.82. The van der Waals surface area contributed by atoms with Crippen molar-refractivity contribution in [2.75, 3.05) is 6.54 Å². The van der Waals surface area contributed by atoms with Crippen molar-refractivity contribution in [2.45, 2.75) is 38.8 Å². The lowest BCUT2D eigenvalue weighted by molar-refractivity contribution is -0.157. The Kier molecular flexibility index (Phi) is 3.30. The molecular formula is C14H19NO3.